The van der Waals surface area contributed by atoms with Crippen LogP contribution in [0.15, 0.2) is 115 Å². The van der Waals surface area contributed by atoms with E-state index in [9.17, 15) is 25.8 Å². The molecule has 5 aromatic carbocycles. The molecule has 0 saturated carbocycles. The fourth-order valence-electron chi connectivity index (χ4n) is 8.75. The second-order valence-corrected chi connectivity index (χ2v) is 16.1. The minimum absolute atomic E-state index is 0.0281. The Morgan fingerprint density at radius 3 is 1.61 bits per heavy atom. The third-order valence-electron chi connectivity index (χ3n) is 12.1. The number of carbonyl (C=O) groups excluding carboxylic acids is 1. The first-order valence-corrected chi connectivity index (χ1v) is 21.6. The van der Waals surface area contributed by atoms with E-state index in [-0.39, 0.29) is 41.2 Å². The molecule has 7 aromatic rings. The number of rotatable bonds is 16. The molecule has 17 heteroatoms. The third kappa shape index (κ3) is 8.38. The van der Waals surface area contributed by atoms with Gasteiger partial charge < -0.3 is 59.6 Å². The number of aliphatic hydroxyl groups excluding tert-OH is 2. The Hall–Kier alpha value is -8.47. The highest BCUT2D eigenvalue weighted by Crippen LogP contribution is 2.41. The van der Waals surface area contributed by atoms with Crippen molar-refractivity contribution in [1.29, 1.82) is 10.8 Å². The Bertz CT molecular complexity index is 3040. The molecule has 2 aromatic heterocycles. The van der Waals surface area contributed by atoms with Crippen LogP contribution in [0.1, 0.15) is 31.4 Å². The number of carbonyl (C=O) groups is 1. The maximum atomic E-state index is 11.9. The van der Waals surface area contributed by atoms with Gasteiger partial charge in [0.25, 0.3) is 0 Å². The molecule has 1 amide bonds. The van der Waals surface area contributed by atoms with Crippen LogP contribution < -0.4 is 39.4 Å². The maximum Gasteiger partial charge on any atom is 0.216 e. The Kier molecular flexibility index (Phi) is 11.9. The Morgan fingerprint density at radius 1 is 0.627 bits per heavy atom. The molecule has 0 radical (unpaired) electrons. The molecule has 2 aliphatic heterocycles. The monoisotopic (exact) mass is 902 g/mol. The number of aliphatic hydroxyl groups is 2. The number of methoxy groups -OCH3 is 4. The summed E-state index contributed by atoms with van der Waals surface area (Å²) in [4.78, 5) is 31.4. The van der Waals surface area contributed by atoms with E-state index >= 15 is 0 Å². The van der Waals surface area contributed by atoms with Gasteiger partial charge in [0.15, 0.2) is 0 Å². The SMILES string of the molecule is COc1cc(OC)cc(N2C(=N)C(c3nc4ccc(-c5ccc(NCCC6C(O)=C(c7nc8ccccc8[nH]7)C(=N)N6c6cc(OC)cc(OC)c6)cc5)cc4[nH]3)=C(O)C2CCNC(C)=O)c1. The summed E-state index contributed by atoms with van der Waals surface area (Å²) < 4.78 is 22.1. The maximum absolute atomic E-state index is 11.9. The lowest BCUT2D eigenvalue weighted by Gasteiger charge is -2.28. The molecule has 0 saturated heterocycles. The Balaban J connectivity index is 0.938. The number of amides is 1. The minimum Gasteiger partial charge on any atom is -0.509 e. The van der Waals surface area contributed by atoms with Gasteiger partial charge in [-0.3, -0.25) is 15.6 Å². The van der Waals surface area contributed by atoms with Crippen LogP contribution in [0.3, 0.4) is 0 Å². The molecule has 0 fully saturated rings. The van der Waals surface area contributed by atoms with Crippen molar-refractivity contribution in [3.8, 4) is 34.1 Å². The highest BCUT2D eigenvalue weighted by Gasteiger charge is 2.41. The van der Waals surface area contributed by atoms with E-state index in [1.54, 1.807) is 62.5 Å². The second kappa shape index (κ2) is 18.2. The van der Waals surface area contributed by atoms with E-state index in [2.05, 4.69) is 20.6 Å². The summed E-state index contributed by atoms with van der Waals surface area (Å²) in [7, 11) is 6.23. The van der Waals surface area contributed by atoms with Gasteiger partial charge in [0, 0.05) is 62.1 Å². The molecular formula is C50H50N10O7. The lowest BCUT2D eigenvalue weighted by atomic mass is 10.0. The zero-order chi connectivity index (χ0) is 46.9. The van der Waals surface area contributed by atoms with Gasteiger partial charge >= 0.3 is 0 Å². The lowest BCUT2D eigenvalue weighted by molar-refractivity contribution is -0.118. The normalized spacial score (nSPS) is 16.1. The molecule has 2 aliphatic rings. The number of imidazole rings is 2. The fraction of sp³-hybridized carbons (Fsp3) is 0.220. The number of hydrogen-bond acceptors (Lipinski definition) is 12. The Labute approximate surface area is 385 Å². The number of para-hydroxylation sites is 2. The van der Waals surface area contributed by atoms with Crippen molar-refractivity contribution in [2.45, 2.75) is 31.8 Å². The zero-order valence-electron chi connectivity index (χ0n) is 37.5. The van der Waals surface area contributed by atoms with Crippen molar-refractivity contribution in [1.82, 2.24) is 25.3 Å². The fourth-order valence-corrected chi connectivity index (χ4v) is 8.75. The molecule has 9 rings (SSSR count). The van der Waals surface area contributed by atoms with Gasteiger partial charge in [0.2, 0.25) is 5.91 Å². The number of aromatic nitrogens is 4. The number of aromatic amines is 2. The predicted octanol–water partition coefficient (Wildman–Crippen LogP) is 8.44. The highest BCUT2D eigenvalue weighted by molar-refractivity contribution is 6.32. The van der Waals surface area contributed by atoms with Crippen LogP contribution in [0.5, 0.6) is 23.0 Å². The van der Waals surface area contributed by atoms with E-state index in [0.29, 0.717) is 82.0 Å². The second-order valence-electron chi connectivity index (χ2n) is 16.1. The van der Waals surface area contributed by atoms with Crippen molar-refractivity contribution in [2.75, 3.05) is 56.6 Å². The number of ether oxygens (including phenoxy) is 4. The minimum atomic E-state index is -0.674. The van der Waals surface area contributed by atoms with Crippen LogP contribution >= 0.6 is 0 Å². The van der Waals surface area contributed by atoms with E-state index in [1.807, 2.05) is 78.9 Å². The first-order chi connectivity index (χ1) is 32.5. The first kappa shape index (κ1) is 43.8. The van der Waals surface area contributed by atoms with Gasteiger partial charge in [-0.1, -0.05) is 30.3 Å². The summed E-state index contributed by atoms with van der Waals surface area (Å²) >= 11 is 0. The summed E-state index contributed by atoms with van der Waals surface area (Å²) in [5.74, 6) is 2.81. The van der Waals surface area contributed by atoms with E-state index in [4.69, 9.17) is 28.9 Å². The van der Waals surface area contributed by atoms with Crippen LogP contribution in [0.2, 0.25) is 0 Å². The van der Waals surface area contributed by atoms with Gasteiger partial charge in [-0.25, -0.2) is 9.97 Å². The summed E-state index contributed by atoms with van der Waals surface area (Å²) in [5.41, 5.74) is 7.43. The molecule has 0 aliphatic carbocycles. The highest BCUT2D eigenvalue weighted by atomic mass is 16.5. The number of H-pyrrole nitrogens is 2. The molecule has 0 bridgehead atoms. The number of hydrogen-bond donors (Lipinski definition) is 8. The Morgan fingerprint density at radius 2 is 1.10 bits per heavy atom. The molecule has 4 heterocycles. The first-order valence-electron chi connectivity index (χ1n) is 21.6. The average Bonchev–Trinajstić information content (AvgIpc) is 4.08. The van der Waals surface area contributed by atoms with Crippen LogP contribution in [-0.4, -0.2) is 101 Å². The third-order valence-corrected chi connectivity index (χ3v) is 12.1. The zero-order valence-corrected chi connectivity index (χ0v) is 37.5. The quantitative estimate of drug-likeness (QED) is 0.0457. The van der Waals surface area contributed by atoms with Crippen molar-refractivity contribution in [3.05, 3.63) is 126 Å². The summed E-state index contributed by atoms with van der Waals surface area (Å²) in [6, 6.07) is 30.8. The van der Waals surface area contributed by atoms with Gasteiger partial charge in [-0.15, -0.1) is 0 Å². The number of fused-ring (bicyclic) bond motifs is 2. The number of nitrogens with one attached hydrogen (secondary N) is 6. The standard InChI is InChI=1S/C50H50N10O7/c1-27(61)53-18-16-41-45(62)44(48(52)59(41)31-21-33(64-2)25-34(22-31)65-3)50-57-39-15-12-29(20-40(39)58-50)28-10-13-30(14-11-28)54-19-17-42-46(63)43(49-55-37-8-6-7-9-38(37)56-49)47(51)60(42)32-23-35(66-4)26-36(24-32)67-5/h6-15,20-26,41-42,51-52,54,62-63H,16-19H2,1-5H3,(H,53,61)(H,55,56)(H,57,58). The van der Waals surface area contributed by atoms with Crippen molar-refractivity contribution < 1.29 is 34.0 Å². The molecule has 67 heavy (non-hydrogen) atoms. The largest absolute Gasteiger partial charge is 0.509 e. The molecule has 2 atom stereocenters. The number of nitrogens with zero attached hydrogens (tertiary/aromatic N) is 4. The number of anilines is 3. The van der Waals surface area contributed by atoms with Crippen molar-refractivity contribution >= 4 is 67.9 Å². The number of amidine groups is 2. The van der Waals surface area contributed by atoms with Gasteiger partial charge in [-0.05, 0) is 60.4 Å². The van der Waals surface area contributed by atoms with Crippen molar-refractivity contribution in [3.63, 3.8) is 0 Å². The topological polar surface area (TPSA) is 230 Å². The smallest absolute Gasteiger partial charge is 0.216 e. The summed E-state index contributed by atoms with van der Waals surface area (Å²) in [6.45, 7) is 2.17. The molecular weight excluding hydrogens is 853 g/mol. The van der Waals surface area contributed by atoms with Crippen LogP contribution in [0.4, 0.5) is 17.1 Å². The van der Waals surface area contributed by atoms with Crippen LogP contribution in [0, 0.1) is 10.8 Å². The molecule has 342 valence electrons. The molecule has 0 spiro atoms. The molecule has 17 nitrogen and oxygen atoms in total. The molecule has 2 unspecified atom stereocenters. The van der Waals surface area contributed by atoms with Gasteiger partial charge in [-0.2, -0.15) is 0 Å². The lowest BCUT2D eigenvalue weighted by Crippen LogP contribution is -2.38. The van der Waals surface area contributed by atoms with Gasteiger partial charge in [0.1, 0.15) is 57.8 Å². The van der Waals surface area contributed by atoms with Crippen LogP contribution in [-0.2, 0) is 4.79 Å². The predicted molar refractivity (Wildman–Crippen MR) is 260 cm³/mol. The average molecular weight is 903 g/mol. The van der Waals surface area contributed by atoms with Crippen molar-refractivity contribution in [2.24, 2.45) is 0 Å². The van der Waals surface area contributed by atoms with Crippen LogP contribution in [0.25, 0.3) is 44.3 Å². The van der Waals surface area contributed by atoms with Gasteiger partial charge in [0.05, 0.1) is 85.1 Å². The molecule has 8 N–H and O–H groups in total. The summed E-state index contributed by atoms with van der Waals surface area (Å²) in [6.07, 6.45) is 0.752. The van der Waals surface area contributed by atoms with E-state index < -0.39 is 12.1 Å². The van der Waals surface area contributed by atoms with E-state index in [0.717, 1.165) is 27.8 Å². The number of benzene rings is 5. The van der Waals surface area contributed by atoms with E-state index in [1.165, 1.54) is 6.92 Å². The summed E-state index contributed by atoms with van der Waals surface area (Å²) in [5, 5.41) is 48.6.